The number of benzene rings is 1. The second-order valence-electron chi connectivity index (χ2n) is 5.62. The van der Waals surface area contributed by atoms with Crippen LogP contribution in [0.5, 0.6) is 5.75 Å². The lowest BCUT2D eigenvalue weighted by Gasteiger charge is -2.09. The third-order valence-corrected chi connectivity index (χ3v) is 5.22. The maximum atomic E-state index is 13.9. The number of hydrogen-bond donors (Lipinski definition) is 1. The Bertz CT molecular complexity index is 740. The third-order valence-electron chi connectivity index (χ3n) is 4.00. The predicted molar refractivity (Wildman–Crippen MR) is 90.6 cm³/mol. The first-order valence-corrected chi connectivity index (χ1v) is 8.63. The van der Waals surface area contributed by atoms with Crippen LogP contribution in [0.25, 0.3) is 0 Å². The molecule has 0 amide bonds. The van der Waals surface area contributed by atoms with Crippen LogP contribution in [0.3, 0.4) is 0 Å². The normalized spacial score (nSPS) is 13.4. The lowest BCUT2D eigenvalue weighted by Crippen LogP contribution is -2.08. The summed E-state index contributed by atoms with van der Waals surface area (Å²) in [5, 5.41) is 15.0. The fourth-order valence-corrected chi connectivity index (χ4v) is 3.99. The molecule has 0 saturated carbocycles. The van der Waals surface area contributed by atoms with Crippen LogP contribution in [-0.2, 0) is 19.3 Å². The van der Waals surface area contributed by atoms with Crippen molar-refractivity contribution >= 4 is 22.7 Å². The van der Waals surface area contributed by atoms with Crippen LogP contribution in [-0.4, -0.2) is 23.6 Å². The van der Waals surface area contributed by atoms with E-state index in [0.29, 0.717) is 13.0 Å². The third kappa shape index (κ3) is 3.48. The van der Waals surface area contributed by atoms with Crippen molar-refractivity contribution in [2.24, 2.45) is 0 Å². The summed E-state index contributed by atoms with van der Waals surface area (Å²) in [5.74, 6) is -0.670. The zero-order valence-corrected chi connectivity index (χ0v) is 14.1. The van der Waals surface area contributed by atoms with Gasteiger partial charge in [-0.15, -0.1) is 11.3 Å². The van der Waals surface area contributed by atoms with Gasteiger partial charge in [0.1, 0.15) is 11.4 Å². The molecule has 1 aromatic carbocycles. The lowest BCUT2D eigenvalue weighted by molar-refractivity contribution is -0.386. The molecule has 6 nitrogen and oxygen atoms in total. The van der Waals surface area contributed by atoms with E-state index in [9.17, 15) is 14.5 Å². The highest BCUT2D eigenvalue weighted by atomic mass is 32.1. The second-order valence-corrected chi connectivity index (χ2v) is 6.79. The van der Waals surface area contributed by atoms with Gasteiger partial charge in [-0.1, -0.05) is 0 Å². The van der Waals surface area contributed by atoms with Crippen molar-refractivity contribution in [1.29, 1.82) is 0 Å². The summed E-state index contributed by atoms with van der Waals surface area (Å²) in [6.45, 7) is 0.444. The van der Waals surface area contributed by atoms with E-state index in [2.05, 4.69) is 10.3 Å². The summed E-state index contributed by atoms with van der Waals surface area (Å²) in [6, 6.07) is 2.45. The number of nitro groups is 1. The number of methoxy groups -OCH3 is 1. The number of hydrogen-bond acceptors (Lipinski definition) is 6. The fraction of sp³-hybridized carbons (Fsp3) is 0.438. The van der Waals surface area contributed by atoms with E-state index >= 15 is 0 Å². The van der Waals surface area contributed by atoms with E-state index in [1.54, 1.807) is 11.3 Å². The minimum absolute atomic E-state index is 0.123. The van der Waals surface area contributed by atoms with Gasteiger partial charge >= 0.3 is 5.69 Å². The van der Waals surface area contributed by atoms with Crippen LogP contribution in [0.2, 0.25) is 0 Å². The van der Waals surface area contributed by atoms with Crippen LogP contribution < -0.4 is 10.1 Å². The minimum atomic E-state index is -0.911. The Kier molecular flexibility index (Phi) is 4.94. The summed E-state index contributed by atoms with van der Waals surface area (Å²) in [4.78, 5) is 16.4. The smallest absolute Gasteiger partial charge is 0.327 e. The van der Waals surface area contributed by atoms with Crippen molar-refractivity contribution in [3.05, 3.63) is 43.6 Å². The first-order valence-electron chi connectivity index (χ1n) is 7.81. The van der Waals surface area contributed by atoms with E-state index in [1.165, 1.54) is 36.6 Å². The van der Waals surface area contributed by atoms with Crippen LogP contribution in [0, 0.1) is 15.9 Å². The second kappa shape index (κ2) is 7.12. The maximum Gasteiger partial charge on any atom is 0.327 e. The van der Waals surface area contributed by atoms with E-state index < -0.39 is 16.4 Å². The van der Waals surface area contributed by atoms with Gasteiger partial charge in [-0.2, -0.15) is 4.39 Å². The molecule has 0 atom stereocenters. The van der Waals surface area contributed by atoms with Gasteiger partial charge in [0.05, 0.1) is 22.7 Å². The van der Waals surface area contributed by atoms with Gasteiger partial charge in [0, 0.05) is 30.0 Å². The summed E-state index contributed by atoms with van der Waals surface area (Å²) in [6.07, 6.45) is 5.17. The van der Waals surface area contributed by atoms with Crippen LogP contribution in [0.15, 0.2) is 12.1 Å². The number of fused-ring (bicyclic) bond motifs is 1. The number of nitrogens with zero attached hydrogens (tertiary/aromatic N) is 2. The first-order chi connectivity index (χ1) is 11.6. The topological polar surface area (TPSA) is 77.3 Å². The summed E-state index contributed by atoms with van der Waals surface area (Å²) >= 11 is 1.71. The molecule has 24 heavy (non-hydrogen) atoms. The Hall–Kier alpha value is -2.22. The standard InChI is InChI=1S/C16H18FN3O3S/c1-23-10-8-11(17)16(20(21)22)13(9-10)18-7-6-15-19-12-4-2-3-5-14(12)24-15/h8-9,18H,2-7H2,1H3. The zero-order valence-electron chi connectivity index (χ0n) is 13.3. The van der Waals surface area contributed by atoms with Gasteiger partial charge in [0.2, 0.25) is 5.82 Å². The Balaban J connectivity index is 1.71. The lowest BCUT2D eigenvalue weighted by atomic mass is 10.0. The number of thiazole rings is 1. The fourth-order valence-electron chi connectivity index (χ4n) is 2.83. The van der Waals surface area contributed by atoms with E-state index in [1.807, 2.05) is 0 Å². The Morgan fingerprint density at radius 3 is 2.92 bits per heavy atom. The molecule has 0 spiro atoms. The van der Waals surface area contributed by atoms with Gasteiger partial charge in [0.25, 0.3) is 0 Å². The number of nitro benzene ring substituents is 1. The van der Waals surface area contributed by atoms with Crippen molar-refractivity contribution < 1.29 is 14.1 Å². The highest BCUT2D eigenvalue weighted by Crippen LogP contribution is 2.32. The molecular weight excluding hydrogens is 333 g/mol. The van der Waals surface area contributed by atoms with Crippen molar-refractivity contribution in [1.82, 2.24) is 4.98 Å². The monoisotopic (exact) mass is 351 g/mol. The van der Waals surface area contributed by atoms with E-state index in [-0.39, 0.29) is 11.4 Å². The maximum absolute atomic E-state index is 13.9. The van der Waals surface area contributed by atoms with Crippen molar-refractivity contribution in [3.63, 3.8) is 0 Å². The van der Waals surface area contributed by atoms with E-state index in [4.69, 9.17) is 4.74 Å². The Morgan fingerprint density at radius 2 is 2.21 bits per heavy atom. The molecule has 0 unspecified atom stereocenters. The summed E-state index contributed by atoms with van der Waals surface area (Å²) in [5.41, 5.74) is 0.757. The van der Waals surface area contributed by atoms with Crippen molar-refractivity contribution in [3.8, 4) is 5.75 Å². The number of anilines is 1. The molecule has 8 heteroatoms. The highest BCUT2D eigenvalue weighted by molar-refractivity contribution is 7.11. The molecule has 128 valence electrons. The van der Waals surface area contributed by atoms with Gasteiger partial charge in [0.15, 0.2) is 0 Å². The molecule has 1 heterocycles. The largest absolute Gasteiger partial charge is 0.497 e. The summed E-state index contributed by atoms with van der Waals surface area (Å²) in [7, 11) is 1.39. The first kappa shape index (κ1) is 16.6. The van der Waals surface area contributed by atoms with Gasteiger partial charge < -0.3 is 10.1 Å². The van der Waals surface area contributed by atoms with Crippen LogP contribution >= 0.6 is 11.3 Å². The Morgan fingerprint density at radius 1 is 1.42 bits per heavy atom. The quantitative estimate of drug-likeness (QED) is 0.634. The number of halogens is 1. The molecule has 2 aromatic rings. The molecule has 0 radical (unpaired) electrons. The molecule has 3 rings (SSSR count). The number of aryl methyl sites for hydroxylation is 2. The molecule has 1 aromatic heterocycles. The molecular formula is C16H18FN3O3S. The van der Waals surface area contributed by atoms with Crippen molar-refractivity contribution in [2.75, 3.05) is 19.0 Å². The van der Waals surface area contributed by atoms with Crippen molar-refractivity contribution in [2.45, 2.75) is 32.1 Å². The molecule has 0 saturated heterocycles. The number of rotatable bonds is 6. The number of ether oxygens (including phenoxy) is 1. The van der Waals surface area contributed by atoms with Gasteiger partial charge in [-0.05, 0) is 25.7 Å². The summed E-state index contributed by atoms with van der Waals surface area (Å²) < 4.78 is 18.9. The molecule has 1 aliphatic rings. The highest BCUT2D eigenvalue weighted by Gasteiger charge is 2.22. The van der Waals surface area contributed by atoms with E-state index in [0.717, 1.165) is 23.9 Å². The van der Waals surface area contributed by atoms with Gasteiger partial charge in [-0.3, -0.25) is 10.1 Å². The predicted octanol–water partition coefficient (Wildman–Crippen LogP) is 3.73. The molecule has 1 aliphatic carbocycles. The van der Waals surface area contributed by atoms with Crippen LogP contribution in [0.1, 0.15) is 28.4 Å². The minimum Gasteiger partial charge on any atom is -0.497 e. The van der Waals surface area contributed by atoms with Crippen LogP contribution in [0.4, 0.5) is 15.8 Å². The van der Waals surface area contributed by atoms with Gasteiger partial charge in [-0.25, -0.2) is 4.98 Å². The molecule has 0 aliphatic heterocycles. The molecule has 0 fully saturated rings. The average Bonchev–Trinajstić information content (AvgIpc) is 2.96. The molecule has 1 N–H and O–H groups in total. The Labute approximate surface area is 142 Å². The zero-order chi connectivity index (χ0) is 17.1. The average molecular weight is 351 g/mol. The molecule has 0 bridgehead atoms. The number of aromatic nitrogens is 1. The SMILES string of the molecule is COc1cc(F)c([N+](=O)[O-])c(NCCc2nc3c(s2)CCCC3)c1. The number of nitrogens with one attached hydrogen (secondary N) is 1.